The number of nitrogens with two attached hydrogens (primary N) is 1. The molecule has 194 valence electrons. The molecule has 0 radical (unpaired) electrons. The van der Waals surface area contributed by atoms with Gasteiger partial charge in [-0.3, -0.25) is 9.59 Å². The van der Waals surface area contributed by atoms with Crippen molar-refractivity contribution in [3.05, 3.63) is 11.3 Å². The fraction of sp³-hybridized carbons (Fsp3) is 0.826. The largest absolute Gasteiger partial charge is 0.384 e. The minimum absolute atomic E-state index is 0. The summed E-state index contributed by atoms with van der Waals surface area (Å²) in [4.78, 5) is 22.5. The van der Waals surface area contributed by atoms with Crippen molar-refractivity contribution < 1.29 is 32.8 Å². The molecule has 1 rings (SSSR count). The molecule has 0 saturated heterocycles. The number of carbonyl (C=O) groups is 2. The number of carbonyl (C=O) groups excluding carboxylic acids is 2. The molecule has 9 heteroatoms. The third-order valence-corrected chi connectivity index (χ3v) is 4.34. The van der Waals surface area contributed by atoms with E-state index in [1.807, 2.05) is 20.8 Å². The Morgan fingerprint density at radius 1 is 0.875 bits per heavy atom. The van der Waals surface area contributed by atoms with Crippen molar-refractivity contribution in [3.63, 3.8) is 0 Å². The fourth-order valence-corrected chi connectivity index (χ4v) is 2.43. The molecule has 32 heavy (non-hydrogen) atoms. The Balaban J connectivity index is -0.000000935. The Bertz CT molecular complexity index is 523. The van der Waals surface area contributed by atoms with Crippen LogP contribution < -0.4 is 16.4 Å². The molecule has 0 spiro atoms. The Labute approximate surface area is 198 Å². The number of Topliss-reactive ketones (excluding diaryl/α,β-unsaturated/α-hetero) is 1. The van der Waals surface area contributed by atoms with Crippen LogP contribution >= 0.6 is 0 Å². The van der Waals surface area contributed by atoms with Crippen LogP contribution in [0.4, 0.5) is 0 Å². The van der Waals surface area contributed by atoms with E-state index in [0.29, 0.717) is 85.1 Å². The van der Waals surface area contributed by atoms with Crippen LogP contribution in [0, 0.1) is 0 Å². The summed E-state index contributed by atoms with van der Waals surface area (Å²) in [7, 11) is 0. The molecule has 9 nitrogen and oxygen atoms in total. The molecule has 1 amide bonds. The van der Waals surface area contributed by atoms with Crippen LogP contribution in [0.5, 0.6) is 0 Å². The van der Waals surface area contributed by atoms with Crippen molar-refractivity contribution in [2.45, 2.75) is 52.9 Å². The van der Waals surface area contributed by atoms with Gasteiger partial charge in [0.15, 0.2) is 5.78 Å². The maximum absolute atomic E-state index is 11.4. The highest BCUT2D eigenvalue weighted by Crippen LogP contribution is 2.30. The zero-order valence-electron chi connectivity index (χ0n) is 20.3. The van der Waals surface area contributed by atoms with E-state index in [2.05, 4.69) is 10.6 Å². The SMILES string of the molecule is CC.CCC(=O)COCCOCCNC(COCCOCCNC(=O)CCCN)=C1CC1.[HH].[HH].[HH]. The van der Waals surface area contributed by atoms with Crippen LogP contribution in [0.25, 0.3) is 0 Å². The van der Waals surface area contributed by atoms with Crippen LogP contribution in [0.1, 0.15) is 57.2 Å². The summed E-state index contributed by atoms with van der Waals surface area (Å²) in [5, 5.41) is 6.17. The maximum atomic E-state index is 11.4. The van der Waals surface area contributed by atoms with Crippen molar-refractivity contribution in [2.24, 2.45) is 5.73 Å². The lowest BCUT2D eigenvalue weighted by Crippen LogP contribution is -2.28. The minimum atomic E-state index is 0. The standard InChI is InChI=1S/C21H39N3O6.C2H6.3H2/c1-2-19(25)16-29-14-12-27-10-8-23-20(18-5-6-18)17-30-15-13-28-11-9-24-21(26)4-3-7-22;1-2;;;/h23H,2-17,22H2,1H3,(H,24,26);1-2H3;3*1H. The number of ether oxygens (including phenoxy) is 4. The van der Waals surface area contributed by atoms with Gasteiger partial charge in [-0.2, -0.15) is 0 Å². The highest BCUT2D eigenvalue weighted by atomic mass is 16.5. The van der Waals surface area contributed by atoms with E-state index in [9.17, 15) is 9.59 Å². The summed E-state index contributed by atoms with van der Waals surface area (Å²) in [6.45, 7) is 11.2. The van der Waals surface area contributed by atoms with Gasteiger partial charge in [0.25, 0.3) is 0 Å². The third kappa shape index (κ3) is 19.2. The van der Waals surface area contributed by atoms with E-state index < -0.39 is 0 Å². The quantitative estimate of drug-likeness (QED) is 0.221. The van der Waals surface area contributed by atoms with Gasteiger partial charge in [0.2, 0.25) is 5.91 Å². The van der Waals surface area contributed by atoms with Gasteiger partial charge in [0, 0.05) is 35.9 Å². The van der Waals surface area contributed by atoms with Crippen molar-refractivity contribution in [2.75, 3.05) is 72.5 Å². The zero-order chi connectivity index (χ0) is 23.9. The second-order valence-corrected chi connectivity index (χ2v) is 6.97. The topological polar surface area (TPSA) is 121 Å². The van der Waals surface area contributed by atoms with E-state index >= 15 is 0 Å². The zero-order valence-corrected chi connectivity index (χ0v) is 20.3. The van der Waals surface area contributed by atoms with Gasteiger partial charge < -0.3 is 35.3 Å². The highest BCUT2D eigenvalue weighted by molar-refractivity contribution is 5.79. The van der Waals surface area contributed by atoms with Crippen LogP contribution in [-0.2, 0) is 28.5 Å². The van der Waals surface area contributed by atoms with Gasteiger partial charge in [-0.15, -0.1) is 0 Å². The van der Waals surface area contributed by atoms with Crippen molar-refractivity contribution >= 4 is 11.7 Å². The molecule has 0 aliphatic heterocycles. The first-order valence-corrected chi connectivity index (χ1v) is 11.9. The molecule has 1 saturated carbocycles. The Morgan fingerprint density at radius 2 is 1.44 bits per heavy atom. The Kier molecular flexibility index (Phi) is 21.6. The maximum Gasteiger partial charge on any atom is 0.220 e. The molecule has 0 unspecified atom stereocenters. The molecule has 0 aromatic carbocycles. The Hall–Kier alpha value is -1.52. The van der Waals surface area contributed by atoms with Gasteiger partial charge in [-0.1, -0.05) is 20.8 Å². The summed E-state index contributed by atoms with van der Waals surface area (Å²) in [5.74, 6) is 0.114. The predicted octanol–water partition coefficient (Wildman–Crippen LogP) is 2.29. The molecule has 0 heterocycles. The third-order valence-electron chi connectivity index (χ3n) is 4.34. The van der Waals surface area contributed by atoms with Crippen LogP contribution in [0.3, 0.4) is 0 Å². The van der Waals surface area contributed by atoms with Crippen LogP contribution in [0.15, 0.2) is 11.3 Å². The second-order valence-electron chi connectivity index (χ2n) is 6.97. The summed E-state index contributed by atoms with van der Waals surface area (Å²) < 4.78 is 21.9. The van der Waals surface area contributed by atoms with Gasteiger partial charge >= 0.3 is 0 Å². The summed E-state index contributed by atoms with van der Waals surface area (Å²) in [6.07, 6.45) is 3.90. The first-order valence-electron chi connectivity index (χ1n) is 11.9. The van der Waals surface area contributed by atoms with Gasteiger partial charge in [0.1, 0.15) is 6.61 Å². The second kappa shape index (κ2) is 22.7. The smallest absolute Gasteiger partial charge is 0.220 e. The fourth-order valence-electron chi connectivity index (χ4n) is 2.43. The number of nitrogens with one attached hydrogen (secondary N) is 2. The molecule has 1 aliphatic rings. The molecule has 1 fully saturated rings. The van der Waals surface area contributed by atoms with Crippen molar-refractivity contribution in [1.82, 2.24) is 10.6 Å². The van der Waals surface area contributed by atoms with E-state index in [1.54, 1.807) is 0 Å². The monoisotopic (exact) mass is 465 g/mol. The van der Waals surface area contributed by atoms with Crippen molar-refractivity contribution in [3.8, 4) is 0 Å². The van der Waals surface area contributed by atoms with Gasteiger partial charge in [-0.25, -0.2) is 0 Å². The van der Waals surface area contributed by atoms with Gasteiger partial charge in [-0.05, 0) is 31.4 Å². The number of hydrogen-bond donors (Lipinski definition) is 3. The number of rotatable bonds is 21. The molecule has 0 bridgehead atoms. The average molecular weight is 466 g/mol. The molecular formula is C23H51N3O6. The first-order chi connectivity index (χ1) is 15.7. The molecule has 1 aliphatic carbocycles. The normalized spacial score (nSPS) is 12.1. The van der Waals surface area contributed by atoms with E-state index in [1.165, 1.54) is 5.57 Å². The van der Waals surface area contributed by atoms with Crippen molar-refractivity contribution in [1.29, 1.82) is 0 Å². The molecule has 0 atom stereocenters. The van der Waals surface area contributed by atoms with Gasteiger partial charge in [0.05, 0.1) is 46.2 Å². The lowest BCUT2D eigenvalue weighted by molar-refractivity contribution is -0.124. The average Bonchev–Trinajstić information content (AvgIpc) is 3.66. The van der Waals surface area contributed by atoms with E-state index in [0.717, 1.165) is 18.5 Å². The number of hydrogen-bond acceptors (Lipinski definition) is 8. The first kappa shape index (κ1) is 30.5. The molecule has 0 aromatic heterocycles. The summed E-state index contributed by atoms with van der Waals surface area (Å²) in [5.41, 5.74) is 7.90. The van der Waals surface area contributed by atoms with Crippen LogP contribution in [0.2, 0.25) is 0 Å². The molecular weight excluding hydrogens is 414 g/mol. The lowest BCUT2D eigenvalue weighted by Gasteiger charge is -2.12. The van der Waals surface area contributed by atoms with Crippen LogP contribution in [-0.4, -0.2) is 84.2 Å². The lowest BCUT2D eigenvalue weighted by atomic mass is 10.3. The number of allylic oxidation sites excluding steroid dienone is 1. The Morgan fingerprint density at radius 3 is 2.00 bits per heavy atom. The number of amides is 1. The minimum Gasteiger partial charge on any atom is -0.384 e. The highest BCUT2D eigenvalue weighted by Gasteiger charge is 2.17. The van der Waals surface area contributed by atoms with E-state index in [4.69, 9.17) is 24.7 Å². The molecule has 0 aromatic rings. The summed E-state index contributed by atoms with van der Waals surface area (Å²) >= 11 is 0. The predicted molar refractivity (Wildman–Crippen MR) is 132 cm³/mol. The number of ketones is 1. The summed E-state index contributed by atoms with van der Waals surface area (Å²) in [6, 6.07) is 0. The van der Waals surface area contributed by atoms with E-state index in [-0.39, 0.29) is 22.6 Å². The molecule has 4 N–H and O–H groups in total.